The van der Waals surface area contributed by atoms with Gasteiger partial charge in [0.25, 0.3) is 0 Å². The molecule has 0 aromatic carbocycles. The van der Waals surface area contributed by atoms with Gasteiger partial charge in [0.05, 0.1) is 6.42 Å². The van der Waals surface area contributed by atoms with Gasteiger partial charge in [-0.3, -0.25) is 0 Å². The van der Waals surface area contributed by atoms with E-state index in [1.54, 1.807) is 0 Å². The number of alkyl halides is 3. The molecule has 0 saturated heterocycles. The molecule has 0 aliphatic rings. The van der Waals surface area contributed by atoms with Gasteiger partial charge < -0.3 is 10.5 Å². The van der Waals surface area contributed by atoms with Gasteiger partial charge in [-0.1, -0.05) is 34.8 Å². The Bertz CT molecular complexity index is 243. The molecular formula is C7H8Cl3NO2. The first kappa shape index (κ1) is 12.7. The molecule has 6 heteroatoms. The van der Waals surface area contributed by atoms with Crippen molar-refractivity contribution in [2.24, 2.45) is 5.73 Å². The number of ether oxygens (including phenoxy) is 1. The van der Waals surface area contributed by atoms with E-state index in [0.717, 1.165) is 0 Å². The maximum absolute atomic E-state index is 10.5. The van der Waals surface area contributed by atoms with Crippen LogP contribution < -0.4 is 5.73 Å². The Labute approximate surface area is 91.5 Å². The monoisotopic (exact) mass is 243 g/mol. The molecule has 0 aromatic heterocycles. The van der Waals surface area contributed by atoms with Crippen LogP contribution in [0.4, 0.5) is 4.79 Å². The Kier molecular flexibility index (Phi) is 4.18. The number of carbonyl (C=O) groups is 1. The quantitative estimate of drug-likeness (QED) is 0.598. The molecule has 0 heterocycles. The summed E-state index contributed by atoms with van der Waals surface area (Å²) in [7, 11) is 0. The van der Waals surface area contributed by atoms with E-state index in [1.807, 2.05) is 0 Å². The van der Waals surface area contributed by atoms with Gasteiger partial charge in [-0.2, -0.15) is 0 Å². The van der Waals surface area contributed by atoms with Crippen LogP contribution in [0.3, 0.4) is 0 Å². The molecule has 0 saturated carbocycles. The van der Waals surface area contributed by atoms with Gasteiger partial charge in [0.15, 0.2) is 5.60 Å². The zero-order chi connectivity index (χ0) is 10.7. The van der Waals surface area contributed by atoms with E-state index in [9.17, 15) is 4.79 Å². The van der Waals surface area contributed by atoms with E-state index >= 15 is 0 Å². The Morgan fingerprint density at radius 3 is 2.31 bits per heavy atom. The van der Waals surface area contributed by atoms with Crippen molar-refractivity contribution >= 4 is 40.9 Å². The standard InChI is InChI=1S/C7H8Cl3NO2/c1-3-4-6(2,7(8,9)10)13-5(11)12/h1H,4H2,2H3,(H2,11,12)/t6-/m1/s1. The fourth-order valence-electron chi connectivity index (χ4n) is 0.611. The van der Waals surface area contributed by atoms with Crippen molar-refractivity contribution in [2.75, 3.05) is 0 Å². The molecule has 0 spiro atoms. The second kappa shape index (κ2) is 4.28. The molecule has 0 fully saturated rings. The summed E-state index contributed by atoms with van der Waals surface area (Å²) in [4.78, 5) is 10.5. The van der Waals surface area contributed by atoms with Crippen molar-refractivity contribution in [3.63, 3.8) is 0 Å². The number of hydrogen-bond acceptors (Lipinski definition) is 2. The number of halogens is 3. The molecule has 0 radical (unpaired) electrons. The lowest BCUT2D eigenvalue weighted by Gasteiger charge is -2.33. The zero-order valence-corrected chi connectivity index (χ0v) is 9.08. The number of amides is 1. The van der Waals surface area contributed by atoms with Crippen molar-refractivity contribution in [3.05, 3.63) is 0 Å². The van der Waals surface area contributed by atoms with E-state index in [1.165, 1.54) is 6.92 Å². The highest BCUT2D eigenvalue weighted by atomic mass is 35.6. The van der Waals surface area contributed by atoms with Crippen LogP contribution in [-0.4, -0.2) is 15.5 Å². The highest BCUT2D eigenvalue weighted by Gasteiger charge is 2.47. The van der Waals surface area contributed by atoms with Gasteiger partial charge in [0, 0.05) is 0 Å². The largest absolute Gasteiger partial charge is 0.438 e. The Morgan fingerprint density at radius 2 is 2.08 bits per heavy atom. The third-order valence-electron chi connectivity index (χ3n) is 1.36. The summed E-state index contributed by atoms with van der Waals surface area (Å²) in [6, 6.07) is 0. The molecule has 74 valence electrons. The minimum Gasteiger partial charge on any atom is -0.438 e. The van der Waals surface area contributed by atoms with Crippen molar-refractivity contribution in [3.8, 4) is 12.3 Å². The summed E-state index contributed by atoms with van der Waals surface area (Å²) in [5.74, 6) is 2.23. The molecule has 2 N–H and O–H groups in total. The van der Waals surface area contributed by atoms with Gasteiger partial charge in [-0.05, 0) is 6.92 Å². The molecule has 1 atom stereocenters. The number of nitrogens with two attached hydrogens (primary N) is 1. The molecule has 13 heavy (non-hydrogen) atoms. The maximum Gasteiger partial charge on any atom is 0.405 e. The van der Waals surface area contributed by atoms with E-state index in [2.05, 4.69) is 10.7 Å². The minimum atomic E-state index is -1.81. The average molecular weight is 245 g/mol. The first-order valence-corrected chi connectivity index (χ1v) is 4.35. The highest BCUT2D eigenvalue weighted by Crippen LogP contribution is 2.42. The van der Waals surface area contributed by atoms with Gasteiger partial charge in [-0.15, -0.1) is 12.3 Å². The predicted octanol–water partition coefficient (Wildman–Crippen LogP) is 2.23. The van der Waals surface area contributed by atoms with Crippen LogP contribution >= 0.6 is 34.8 Å². The molecule has 0 unspecified atom stereocenters. The Balaban J connectivity index is 4.75. The molecular weight excluding hydrogens is 236 g/mol. The molecule has 1 amide bonds. The minimum absolute atomic E-state index is 0.0353. The van der Waals surface area contributed by atoms with Crippen molar-refractivity contribution in [1.29, 1.82) is 0 Å². The average Bonchev–Trinajstić information content (AvgIpc) is 1.82. The smallest absolute Gasteiger partial charge is 0.405 e. The van der Waals surface area contributed by atoms with Gasteiger partial charge in [-0.25, -0.2) is 4.79 Å². The number of carbonyl (C=O) groups excluding carboxylic acids is 1. The SMILES string of the molecule is C#CC[C@@](C)(OC(N)=O)C(Cl)(Cl)Cl. The number of rotatable bonds is 2. The van der Waals surface area contributed by atoms with Crippen LogP contribution in [0.15, 0.2) is 0 Å². The van der Waals surface area contributed by atoms with E-state index < -0.39 is 15.5 Å². The summed E-state index contributed by atoms with van der Waals surface area (Å²) >= 11 is 16.7. The van der Waals surface area contributed by atoms with Crippen molar-refractivity contribution in [1.82, 2.24) is 0 Å². The second-order valence-electron chi connectivity index (χ2n) is 2.53. The second-order valence-corrected chi connectivity index (χ2v) is 4.81. The van der Waals surface area contributed by atoms with Crippen LogP contribution in [0.1, 0.15) is 13.3 Å². The topological polar surface area (TPSA) is 52.3 Å². The zero-order valence-electron chi connectivity index (χ0n) is 6.81. The van der Waals surface area contributed by atoms with E-state index in [0.29, 0.717) is 0 Å². The third kappa shape index (κ3) is 3.51. The summed E-state index contributed by atoms with van der Waals surface area (Å²) in [5, 5.41) is 0. The summed E-state index contributed by atoms with van der Waals surface area (Å²) in [5.41, 5.74) is 3.40. The van der Waals surface area contributed by atoms with Gasteiger partial charge in [0.2, 0.25) is 3.79 Å². The molecule has 0 aromatic rings. The number of hydrogen-bond donors (Lipinski definition) is 1. The maximum atomic E-state index is 10.5. The first-order valence-electron chi connectivity index (χ1n) is 3.21. The fraction of sp³-hybridized carbons (Fsp3) is 0.571. The molecule has 0 aliphatic heterocycles. The first-order chi connectivity index (χ1) is 5.73. The van der Waals surface area contributed by atoms with E-state index in [-0.39, 0.29) is 6.42 Å². The van der Waals surface area contributed by atoms with Gasteiger partial charge in [0.1, 0.15) is 0 Å². The summed E-state index contributed by atoms with van der Waals surface area (Å²) in [6.07, 6.45) is 3.96. The lowest BCUT2D eigenvalue weighted by Crippen LogP contribution is -2.45. The fourth-order valence-corrected chi connectivity index (χ4v) is 0.927. The summed E-state index contributed by atoms with van der Waals surface area (Å²) in [6.45, 7) is 1.39. The van der Waals surface area contributed by atoms with Crippen LogP contribution in [0.5, 0.6) is 0 Å². The van der Waals surface area contributed by atoms with Crippen LogP contribution in [0.25, 0.3) is 0 Å². The third-order valence-corrected chi connectivity index (χ3v) is 2.56. The number of primary amides is 1. The number of terminal acetylenes is 1. The van der Waals surface area contributed by atoms with Crippen molar-refractivity contribution < 1.29 is 9.53 Å². The highest BCUT2D eigenvalue weighted by molar-refractivity contribution is 6.68. The van der Waals surface area contributed by atoms with E-state index in [4.69, 9.17) is 47.0 Å². The molecule has 0 bridgehead atoms. The Hall–Kier alpha value is -0.300. The van der Waals surface area contributed by atoms with Crippen LogP contribution in [-0.2, 0) is 4.74 Å². The normalized spacial score (nSPS) is 15.6. The Morgan fingerprint density at radius 1 is 1.62 bits per heavy atom. The van der Waals surface area contributed by atoms with Gasteiger partial charge >= 0.3 is 6.09 Å². The molecule has 0 rings (SSSR count). The van der Waals surface area contributed by atoms with Crippen LogP contribution in [0.2, 0.25) is 0 Å². The predicted molar refractivity (Wildman–Crippen MR) is 52.8 cm³/mol. The molecule has 3 nitrogen and oxygen atoms in total. The lowest BCUT2D eigenvalue weighted by molar-refractivity contribution is 0.0378. The van der Waals surface area contributed by atoms with Crippen LogP contribution in [0, 0.1) is 12.3 Å². The summed E-state index contributed by atoms with van der Waals surface area (Å²) < 4.78 is 2.83. The lowest BCUT2D eigenvalue weighted by atomic mass is 10.1. The van der Waals surface area contributed by atoms with Crippen molar-refractivity contribution in [2.45, 2.75) is 22.7 Å². The molecule has 0 aliphatic carbocycles.